The maximum Gasteiger partial charge on any atom is 0.320 e. The molecule has 0 spiro atoms. The molecule has 0 saturated heterocycles. The van der Waals surface area contributed by atoms with Crippen molar-refractivity contribution in [3.05, 3.63) is 0 Å². The minimum Gasteiger partial charge on any atom is -0.480 e. The molecule has 0 aromatic rings. The Balaban J connectivity index is 4.24. The molecule has 1 unspecified atom stereocenters. The van der Waals surface area contributed by atoms with E-state index in [1.54, 1.807) is 27.8 Å². The second kappa shape index (κ2) is 5.70. The van der Waals surface area contributed by atoms with E-state index in [1.165, 1.54) is 0 Å². The molecule has 0 rings (SSSR count). The largest absolute Gasteiger partial charge is 0.480 e. The highest BCUT2D eigenvalue weighted by molar-refractivity contribution is 5.82. The molecule has 0 aromatic carbocycles. The summed E-state index contributed by atoms with van der Waals surface area (Å²) in [5.74, 6) is -0.986. The molecule has 0 heterocycles. The molecule has 5 heteroatoms. The molecule has 0 radical (unpaired) electrons. The number of carbonyl (C=O) groups is 2. The Kier molecular flexibility index (Phi) is 5.28. The first-order chi connectivity index (χ1) is 6.85. The molecule has 1 amide bonds. The zero-order chi connectivity index (χ0) is 12.1. The molecular weight excluding hydrogens is 196 g/mol. The van der Waals surface area contributed by atoms with Crippen LogP contribution in [0.5, 0.6) is 0 Å². The van der Waals surface area contributed by atoms with Crippen LogP contribution in [0.15, 0.2) is 0 Å². The predicted octanol–water partition coefficient (Wildman–Crippen LogP) is 0.211. The SMILES string of the molecule is CCC(NCC(C)(C)C(=O)NC)C(=O)O. The van der Waals surface area contributed by atoms with Crippen LogP contribution in [0.2, 0.25) is 0 Å². The third kappa shape index (κ3) is 4.29. The topological polar surface area (TPSA) is 78.4 Å². The van der Waals surface area contributed by atoms with Crippen LogP contribution in [0.1, 0.15) is 27.2 Å². The van der Waals surface area contributed by atoms with E-state index in [4.69, 9.17) is 5.11 Å². The lowest BCUT2D eigenvalue weighted by Crippen LogP contribution is -2.47. The molecule has 3 N–H and O–H groups in total. The second-order valence-corrected chi connectivity index (χ2v) is 4.14. The van der Waals surface area contributed by atoms with E-state index < -0.39 is 17.4 Å². The number of carboxylic acid groups (broad SMARTS) is 1. The van der Waals surface area contributed by atoms with Crippen LogP contribution in [0.25, 0.3) is 0 Å². The van der Waals surface area contributed by atoms with E-state index in [-0.39, 0.29) is 5.91 Å². The molecule has 88 valence electrons. The summed E-state index contributed by atoms with van der Waals surface area (Å²) in [5, 5.41) is 14.2. The predicted molar refractivity (Wildman–Crippen MR) is 57.6 cm³/mol. The Hall–Kier alpha value is -1.10. The van der Waals surface area contributed by atoms with E-state index in [0.717, 1.165) is 0 Å². The molecule has 0 aliphatic carbocycles. The monoisotopic (exact) mass is 216 g/mol. The Labute approximate surface area is 90.2 Å². The average Bonchev–Trinajstić information content (AvgIpc) is 2.16. The highest BCUT2D eigenvalue weighted by Gasteiger charge is 2.28. The van der Waals surface area contributed by atoms with Crippen molar-refractivity contribution >= 4 is 11.9 Å². The van der Waals surface area contributed by atoms with Gasteiger partial charge in [0.15, 0.2) is 0 Å². The van der Waals surface area contributed by atoms with Crippen molar-refractivity contribution < 1.29 is 14.7 Å². The highest BCUT2D eigenvalue weighted by atomic mass is 16.4. The fraction of sp³-hybridized carbons (Fsp3) is 0.800. The fourth-order valence-electron chi connectivity index (χ4n) is 1.20. The lowest BCUT2D eigenvalue weighted by molar-refractivity contribution is -0.140. The van der Waals surface area contributed by atoms with Gasteiger partial charge in [-0.05, 0) is 20.3 Å². The van der Waals surface area contributed by atoms with Crippen LogP contribution in [-0.4, -0.2) is 36.6 Å². The van der Waals surface area contributed by atoms with Crippen LogP contribution < -0.4 is 10.6 Å². The number of amides is 1. The Morgan fingerprint density at radius 3 is 2.27 bits per heavy atom. The van der Waals surface area contributed by atoms with Gasteiger partial charge < -0.3 is 15.7 Å². The van der Waals surface area contributed by atoms with Gasteiger partial charge in [-0.1, -0.05) is 6.92 Å². The van der Waals surface area contributed by atoms with Gasteiger partial charge in [0.1, 0.15) is 6.04 Å². The van der Waals surface area contributed by atoms with Crippen molar-refractivity contribution in [2.24, 2.45) is 5.41 Å². The molecule has 1 atom stereocenters. The summed E-state index contributed by atoms with van der Waals surface area (Å²) in [6.45, 7) is 5.68. The summed E-state index contributed by atoms with van der Waals surface area (Å²) < 4.78 is 0. The smallest absolute Gasteiger partial charge is 0.320 e. The van der Waals surface area contributed by atoms with Gasteiger partial charge in [-0.15, -0.1) is 0 Å². The normalized spacial score (nSPS) is 13.3. The average molecular weight is 216 g/mol. The molecule has 0 fully saturated rings. The summed E-state index contributed by atoms with van der Waals surface area (Å²) in [5.41, 5.74) is -0.600. The fourth-order valence-corrected chi connectivity index (χ4v) is 1.20. The van der Waals surface area contributed by atoms with Crippen LogP contribution in [0.4, 0.5) is 0 Å². The summed E-state index contributed by atoms with van der Waals surface area (Å²) in [7, 11) is 1.57. The summed E-state index contributed by atoms with van der Waals surface area (Å²) in [4.78, 5) is 22.1. The number of hydrogen-bond donors (Lipinski definition) is 3. The number of hydrogen-bond acceptors (Lipinski definition) is 3. The van der Waals surface area contributed by atoms with Crippen molar-refractivity contribution in [2.75, 3.05) is 13.6 Å². The standard InChI is InChI=1S/C10H20N2O3/c1-5-7(8(13)14)12-6-10(2,3)9(15)11-4/h7,12H,5-6H2,1-4H3,(H,11,15)(H,13,14). The second-order valence-electron chi connectivity index (χ2n) is 4.14. The van der Waals surface area contributed by atoms with Gasteiger partial charge in [-0.25, -0.2) is 0 Å². The third-order valence-electron chi connectivity index (χ3n) is 2.34. The quantitative estimate of drug-likeness (QED) is 0.593. The van der Waals surface area contributed by atoms with Gasteiger partial charge >= 0.3 is 5.97 Å². The molecule has 0 bridgehead atoms. The third-order valence-corrected chi connectivity index (χ3v) is 2.34. The molecule has 15 heavy (non-hydrogen) atoms. The van der Waals surface area contributed by atoms with Crippen molar-refractivity contribution in [2.45, 2.75) is 33.2 Å². The van der Waals surface area contributed by atoms with Crippen LogP contribution in [0.3, 0.4) is 0 Å². The molecule has 0 aliphatic heterocycles. The van der Waals surface area contributed by atoms with Crippen molar-refractivity contribution in [3.8, 4) is 0 Å². The number of carbonyl (C=O) groups excluding carboxylic acids is 1. The van der Waals surface area contributed by atoms with E-state index in [9.17, 15) is 9.59 Å². The zero-order valence-electron chi connectivity index (χ0n) is 9.76. The number of nitrogens with one attached hydrogen (secondary N) is 2. The first kappa shape index (κ1) is 13.9. The first-order valence-electron chi connectivity index (χ1n) is 5.03. The van der Waals surface area contributed by atoms with Crippen molar-refractivity contribution in [1.82, 2.24) is 10.6 Å². The highest BCUT2D eigenvalue weighted by Crippen LogP contribution is 2.13. The molecule has 0 saturated carbocycles. The zero-order valence-corrected chi connectivity index (χ0v) is 9.76. The van der Waals surface area contributed by atoms with Crippen LogP contribution in [-0.2, 0) is 9.59 Å². The van der Waals surface area contributed by atoms with Gasteiger partial charge in [-0.2, -0.15) is 0 Å². The van der Waals surface area contributed by atoms with Crippen LogP contribution in [0, 0.1) is 5.41 Å². The van der Waals surface area contributed by atoms with E-state index >= 15 is 0 Å². The number of rotatable bonds is 6. The molecule has 5 nitrogen and oxygen atoms in total. The Morgan fingerprint density at radius 1 is 1.40 bits per heavy atom. The first-order valence-corrected chi connectivity index (χ1v) is 5.03. The molecular formula is C10H20N2O3. The lowest BCUT2D eigenvalue weighted by Gasteiger charge is -2.24. The molecule has 0 aromatic heterocycles. The minimum absolute atomic E-state index is 0.102. The minimum atomic E-state index is -0.884. The summed E-state index contributed by atoms with van der Waals surface area (Å²) in [6, 6.07) is -0.589. The number of aliphatic carboxylic acids is 1. The maximum atomic E-state index is 11.4. The van der Waals surface area contributed by atoms with Gasteiger partial charge in [0.05, 0.1) is 5.41 Å². The van der Waals surface area contributed by atoms with Crippen molar-refractivity contribution in [3.63, 3.8) is 0 Å². The van der Waals surface area contributed by atoms with E-state index in [0.29, 0.717) is 13.0 Å². The van der Waals surface area contributed by atoms with Crippen molar-refractivity contribution in [1.29, 1.82) is 0 Å². The lowest BCUT2D eigenvalue weighted by atomic mass is 9.92. The van der Waals surface area contributed by atoms with Gasteiger partial charge in [0.25, 0.3) is 0 Å². The summed E-state index contributed by atoms with van der Waals surface area (Å²) in [6.07, 6.45) is 0.499. The van der Waals surface area contributed by atoms with E-state index in [2.05, 4.69) is 10.6 Å². The number of carboxylic acids is 1. The Bertz CT molecular complexity index is 239. The summed E-state index contributed by atoms with van der Waals surface area (Å²) >= 11 is 0. The Morgan fingerprint density at radius 2 is 1.93 bits per heavy atom. The molecule has 0 aliphatic rings. The van der Waals surface area contributed by atoms with Gasteiger partial charge in [-0.3, -0.25) is 9.59 Å². The van der Waals surface area contributed by atoms with Gasteiger partial charge in [0, 0.05) is 13.6 Å². The van der Waals surface area contributed by atoms with Gasteiger partial charge in [0.2, 0.25) is 5.91 Å². The van der Waals surface area contributed by atoms with Crippen LogP contribution >= 0.6 is 0 Å². The maximum absolute atomic E-state index is 11.4. The van der Waals surface area contributed by atoms with E-state index in [1.807, 2.05) is 0 Å².